The first-order chi connectivity index (χ1) is 5.29. The van der Waals surface area contributed by atoms with Crippen LogP contribution >= 0.6 is 34.2 Å². The van der Waals surface area contributed by atoms with Gasteiger partial charge in [-0.25, -0.2) is 4.98 Å². The minimum atomic E-state index is 0.659. The number of rotatable bonds is 0. The lowest BCUT2D eigenvalue weighted by Crippen LogP contribution is -1.90. The molecule has 0 radical (unpaired) electrons. The Kier molecular flexibility index (Phi) is 2.06. The summed E-state index contributed by atoms with van der Waals surface area (Å²) in [6.45, 7) is 0. The van der Waals surface area contributed by atoms with Crippen LogP contribution in [-0.4, -0.2) is 4.98 Å². The summed E-state index contributed by atoms with van der Waals surface area (Å²) in [6, 6.07) is 0. The Bertz CT molecular complexity index is 298. The molecule has 0 spiro atoms. The molecule has 11 heavy (non-hydrogen) atoms. The van der Waals surface area contributed by atoms with Crippen molar-refractivity contribution < 1.29 is 0 Å². The molecule has 0 saturated heterocycles. The number of halogens is 2. The van der Waals surface area contributed by atoms with E-state index in [4.69, 9.17) is 11.6 Å². The van der Waals surface area contributed by atoms with Gasteiger partial charge < -0.3 is 0 Å². The summed E-state index contributed by atoms with van der Waals surface area (Å²) in [5.41, 5.74) is 2.81. The smallest absolute Gasteiger partial charge is 0.142 e. The number of hydrogen-bond donors (Lipinski definition) is 0. The lowest BCUT2D eigenvalue weighted by molar-refractivity contribution is 0.910. The first-order valence-corrected chi connectivity index (χ1v) is 5.06. The van der Waals surface area contributed by atoms with Gasteiger partial charge in [0.25, 0.3) is 0 Å². The topological polar surface area (TPSA) is 12.9 Å². The van der Waals surface area contributed by atoms with Crippen molar-refractivity contribution in [3.63, 3.8) is 0 Å². The summed E-state index contributed by atoms with van der Waals surface area (Å²) in [4.78, 5) is 4.11. The highest BCUT2D eigenvalue weighted by Crippen LogP contribution is 2.29. The third-order valence-electron chi connectivity index (χ3n) is 2.04. The summed E-state index contributed by atoms with van der Waals surface area (Å²) in [7, 11) is 0. The number of fused-ring (bicyclic) bond motifs is 1. The van der Waals surface area contributed by atoms with Crippen molar-refractivity contribution in [1.82, 2.24) is 4.98 Å². The van der Waals surface area contributed by atoms with Crippen LogP contribution in [0.2, 0.25) is 5.15 Å². The predicted octanol–water partition coefficient (Wildman–Crippen LogP) is 2.83. The zero-order valence-electron chi connectivity index (χ0n) is 5.90. The Labute approximate surface area is 84.3 Å². The van der Waals surface area contributed by atoms with E-state index >= 15 is 0 Å². The number of hydrogen-bond acceptors (Lipinski definition) is 1. The molecule has 1 aromatic rings. The largest absolute Gasteiger partial charge is 0.243 e. The zero-order chi connectivity index (χ0) is 7.84. The molecule has 0 atom stereocenters. The van der Waals surface area contributed by atoms with Crippen molar-refractivity contribution in [3.8, 4) is 0 Å². The maximum Gasteiger partial charge on any atom is 0.142 e. The maximum atomic E-state index is 5.87. The van der Waals surface area contributed by atoms with Gasteiger partial charge in [0.15, 0.2) is 0 Å². The second-order valence-corrected chi connectivity index (χ2v) is 4.16. The molecular weight excluding hydrogens is 272 g/mol. The highest BCUT2D eigenvalue weighted by molar-refractivity contribution is 14.1. The Balaban J connectivity index is 2.62. The average molecular weight is 280 g/mol. The molecule has 1 heterocycles. The average Bonchev–Trinajstić information content (AvgIpc) is 2.45. The van der Waals surface area contributed by atoms with Gasteiger partial charge in [0.1, 0.15) is 5.15 Å². The van der Waals surface area contributed by atoms with Crippen molar-refractivity contribution in [2.24, 2.45) is 0 Å². The molecular formula is C8H7ClIN. The molecule has 0 N–H and O–H groups in total. The molecule has 0 fully saturated rings. The molecule has 0 aliphatic heterocycles. The van der Waals surface area contributed by atoms with Crippen LogP contribution in [0.4, 0.5) is 0 Å². The van der Waals surface area contributed by atoms with Gasteiger partial charge in [-0.3, -0.25) is 0 Å². The number of nitrogens with zero attached hydrogens (tertiary/aromatic N) is 1. The van der Waals surface area contributed by atoms with Crippen molar-refractivity contribution in [3.05, 3.63) is 26.0 Å². The van der Waals surface area contributed by atoms with E-state index in [1.54, 1.807) is 0 Å². The molecule has 0 bridgehead atoms. The monoisotopic (exact) mass is 279 g/mol. The second kappa shape index (κ2) is 2.90. The molecule has 2 rings (SSSR count). The standard InChI is InChI=1S/C8H7ClIN/c9-8-7(10)6-3-1-2-5(6)4-11-8/h4H,1-3H2. The van der Waals surface area contributed by atoms with Crippen LogP contribution in [0.3, 0.4) is 0 Å². The molecule has 0 aromatic carbocycles. The Morgan fingerprint density at radius 1 is 1.45 bits per heavy atom. The molecule has 1 aromatic heterocycles. The number of aryl methyl sites for hydroxylation is 1. The van der Waals surface area contributed by atoms with Gasteiger partial charge in [0, 0.05) is 6.20 Å². The summed E-state index contributed by atoms with van der Waals surface area (Å²) >= 11 is 8.15. The van der Waals surface area contributed by atoms with E-state index < -0.39 is 0 Å². The quantitative estimate of drug-likeness (QED) is 0.526. The summed E-state index contributed by atoms with van der Waals surface area (Å²) in [5.74, 6) is 0. The van der Waals surface area contributed by atoms with Crippen LogP contribution in [-0.2, 0) is 12.8 Å². The van der Waals surface area contributed by atoms with Crippen LogP contribution in [0.1, 0.15) is 17.5 Å². The van der Waals surface area contributed by atoms with E-state index in [1.807, 2.05) is 6.20 Å². The summed E-state index contributed by atoms with van der Waals surface area (Å²) < 4.78 is 1.15. The van der Waals surface area contributed by atoms with Gasteiger partial charge in [0.2, 0.25) is 0 Å². The Morgan fingerprint density at radius 3 is 3.09 bits per heavy atom. The van der Waals surface area contributed by atoms with Crippen molar-refractivity contribution in [2.45, 2.75) is 19.3 Å². The molecule has 0 unspecified atom stereocenters. The molecule has 1 aliphatic carbocycles. The Morgan fingerprint density at radius 2 is 2.27 bits per heavy atom. The van der Waals surface area contributed by atoms with E-state index in [1.165, 1.54) is 30.4 Å². The summed E-state index contributed by atoms with van der Waals surface area (Å²) in [6.07, 6.45) is 5.52. The van der Waals surface area contributed by atoms with E-state index in [-0.39, 0.29) is 0 Å². The van der Waals surface area contributed by atoms with Gasteiger partial charge in [-0.2, -0.15) is 0 Å². The van der Waals surface area contributed by atoms with Crippen molar-refractivity contribution in [2.75, 3.05) is 0 Å². The number of aromatic nitrogens is 1. The van der Waals surface area contributed by atoms with E-state index in [0.717, 1.165) is 3.57 Å². The van der Waals surface area contributed by atoms with E-state index in [9.17, 15) is 0 Å². The summed E-state index contributed by atoms with van der Waals surface area (Å²) in [5, 5.41) is 0.659. The van der Waals surface area contributed by atoms with E-state index in [2.05, 4.69) is 27.6 Å². The van der Waals surface area contributed by atoms with E-state index in [0.29, 0.717) is 5.15 Å². The third kappa shape index (κ3) is 1.26. The fourth-order valence-corrected chi connectivity index (χ4v) is 2.39. The predicted molar refractivity (Wildman–Crippen MR) is 54.0 cm³/mol. The highest BCUT2D eigenvalue weighted by atomic mass is 127. The molecule has 3 heteroatoms. The van der Waals surface area contributed by atoms with Crippen LogP contribution in [0, 0.1) is 3.57 Å². The minimum Gasteiger partial charge on any atom is -0.243 e. The lowest BCUT2D eigenvalue weighted by atomic mass is 10.2. The fourth-order valence-electron chi connectivity index (χ4n) is 1.48. The lowest BCUT2D eigenvalue weighted by Gasteiger charge is -2.01. The minimum absolute atomic E-state index is 0.659. The van der Waals surface area contributed by atoms with Crippen LogP contribution in [0.5, 0.6) is 0 Å². The first kappa shape index (κ1) is 7.80. The molecule has 0 amide bonds. The second-order valence-electron chi connectivity index (χ2n) is 2.72. The van der Waals surface area contributed by atoms with Crippen LogP contribution in [0.15, 0.2) is 6.20 Å². The Hall–Kier alpha value is 0.170. The number of pyridine rings is 1. The van der Waals surface area contributed by atoms with Crippen molar-refractivity contribution >= 4 is 34.2 Å². The fraction of sp³-hybridized carbons (Fsp3) is 0.375. The zero-order valence-corrected chi connectivity index (χ0v) is 8.82. The van der Waals surface area contributed by atoms with Gasteiger partial charge in [-0.05, 0) is 53.0 Å². The van der Waals surface area contributed by atoms with Gasteiger partial charge >= 0.3 is 0 Å². The normalized spacial score (nSPS) is 15.1. The van der Waals surface area contributed by atoms with Crippen LogP contribution in [0.25, 0.3) is 0 Å². The molecule has 1 aliphatic rings. The first-order valence-electron chi connectivity index (χ1n) is 3.61. The van der Waals surface area contributed by atoms with Gasteiger partial charge in [0.05, 0.1) is 3.57 Å². The molecule has 1 nitrogen and oxygen atoms in total. The van der Waals surface area contributed by atoms with Gasteiger partial charge in [-0.1, -0.05) is 11.6 Å². The molecule has 58 valence electrons. The van der Waals surface area contributed by atoms with Crippen molar-refractivity contribution in [1.29, 1.82) is 0 Å². The van der Waals surface area contributed by atoms with Gasteiger partial charge in [-0.15, -0.1) is 0 Å². The highest BCUT2D eigenvalue weighted by Gasteiger charge is 2.15. The third-order valence-corrected chi connectivity index (χ3v) is 3.81. The molecule has 0 saturated carbocycles. The SMILES string of the molecule is Clc1ncc2c(c1I)CCC2. The van der Waals surface area contributed by atoms with Crippen LogP contribution < -0.4 is 0 Å². The maximum absolute atomic E-state index is 5.87.